The average Bonchev–Trinajstić information content (AvgIpc) is 2.27. The highest BCUT2D eigenvalue weighted by Gasteiger charge is 2.14. The second-order valence-electron chi connectivity index (χ2n) is 4.33. The van der Waals surface area contributed by atoms with E-state index in [0.29, 0.717) is 0 Å². The molecule has 0 aliphatic rings. The number of hydrogen-bond acceptors (Lipinski definition) is 1. The molecule has 0 saturated heterocycles. The van der Waals surface area contributed by atoms with Crippen LogP contribution in [0.3, 0.4) is 0 Å². The summed E-state index contributed by atoms with van der Waals surface area (Å²) in [6, 6.07) is 5.78. The molecule has 0 aromatic heterocycles. The first-order valence-electron chi connectivity index (χ1n) is 5.87. The molecule has 1 unspecified atom stereocenters. The van der Waals surface area contributed by atoms with Gasteiger partial charge in [-0.1, -0.05) is 35.7 Å². The lowest BCUT2D eigenvalue weighted by molar-refractivity contribution is 0.528. The predicted molar refractivity (Wildman–Crippen MR) is 76.9 cm³/mol. The molecule has 0 aliphatic carbocycles. The van der Waals surface area contributed by atoms with Crippen LogP contribution in [0.1, 0.15) is 38.3 Å². The molecule has 17 heavy (non-hydrogen) atoms. The van der Waals surface area contributed by atoms with Crippen LogP contribution in [0.15, 0.2) is 30.4 Å². The van der Waals surface area contributed by atoms with Crippen LogP contribution < -0.4 is 5.32 Å². The smallest absolute Gasteiger partial charge is 0.0454 e. The van der Waals surface area contributed by atoms with Crippen LogP contribution in [-0.4, -0.2) is 6.54 Å². The average molecular weight is 272 g/mol. The summed E-state index contributed by atoms with van der Waals surface area (Å²) in [4.78, 5) is 0. The molecule has 0 heterocycles. The van der Waals surface area contributed by atoms with Gasteiger partial charge >= 0.3 is 0 Å². The van der Waals surface area contributed by atoms with Gasteiger partial charge in [-0.3, -0.25) is 0 Å². The lowest BCUT2D eigenvalue weighted by atomic mass is 10.00. The molecular weight excluding hydrogens is 253 g/mol. The van der Waals surface area contributed by atoms with E-state index in [9.17, 15) is 0 Å². The van der Waals surface area contributed by atoms with Crippen LogP contribution in [0.25, 0.3) is 0 Å². The van der Waals surface area contributed by atoms with Crippen molar-refractivity contribution in [3.63, 3.8) is 0 Å². The zero-order valence-electron chi connectivity index (χ0n) is 10.4. The summed E-state index contributed by atoms with van der Waals surface area (Å²) in [5, 5.41) is 4.95. The van der Waals surface area contributed by atoms with Gasteiger partial charge in [-0.05, 0) is 50.1 Å². The van der Waals surface area contributed by atoms with Crippen molar-refractivity contribution in [3.8, 4) is 0 Å². The third kappa shape index (κ3) is 4.71. The van der Waals surface area contributed by atoms with E-state index in [1.54, 1.807) is 0 Å². The first-order chi connectivity index (χ1) is 8.04. The summed E-state index contributed by atoms with van der Waals surface area (Å²) in [6.07, 6.45) is 1.96. The van der Waals surface area contributed by atoms with E-state index in [4.69, 9.17) is 23.2 Å². The Hall–Kier alpha value is -0.500. The van der Waals surface area contributed by atoms with Gasteiger partial charge in [0.25, 0.3) is 0 Å². The summed E-state index contributed by atoms with van der Waals surface area (Å²) >= 11 is 12.2. The Balaban J connectivity index is 2.93. The maximum Gasteiger partial charge on any atom is 0.0454 e. The monoisotopic (exact) mass is 271 g/mol. The van der Waals surface area contributed by atoms with Gasteiger partial charge in [0.2, 0.25) is 0 Å². The Morgan fingerprint density at radius 1 is 1.41 bits per heavy atom. The van der Waals surface area contributed by atoms with Crippen LogP contribution >= 0.6 is 23.2 Å². The molecular formula is C14H19Cl2N. The molecule has 0 spiro atoms. The van der Waals surface area contributed by atoms with E-state index in [1.807, 2.05) is 25.1 Å². The molecule has 1 N–H and O–H groups in total. The van der Waals surface area contributed by atoms with Crippen molar-refractivity contribution in [2.45, 2.75) is 32.7 Å². The fraction of sp³-hybridized carbons (Fsp3) is 0.429. The lowest BCUT2D eigenvalue weighted by Crippen LogP contribution is -2.22. The van der Waals surface area contributed by atoms with Crippen molar-refractivity contribution < 1.29 is 0 Å². The third-order valence-electron chi connectivity index (χ3n) is 2.53. The molecule has 1 rings (SSSR count). The standard InChI is InChI=1S/C14H19Cl2N/c1-4-7-17-14(8-10(2)3)12-9-11(15)5-6-13(12)16/h5-6,9,14,17H,2,4,7-8H2,1,3H3. The lowest BCUT2D eigenvalue weighted by Gasteiger charge is -2.20. The van der Waals surface area contributed by atoms with Crippen LogP contribution in [-0.2, 0) is 0 Å². The summed E-state index contributed by atoms with van der Waals surface area (Å²) in [7, 11) is 0. The van der Waals surface area contributed by atoms with Crippen molar-refractivity contribution in [1.29, 1.82) is 0 Å². The highest BCUT2D eigenvalue weighted by atomic mass is 35.5. The van der Waals surface area contributed by atoms with E-state index < -0.39 is 0 Å². The van der Waals surface area contributed by atoms with E-state index in [1.165, 1.54) is 0 Å². The molecule has 0 radical (unpaired) electrons. The van der Waals surface area contributed by atoms with Crippen molar-refractivity contribution >= 4 is 23.2 Å². The summed E-state index contributed by atoms with van der Waals surface area (Å²) < 4.78 is 0. The molecule has 3 heteroatoms. The van der Waals surface area contributed by atoms with E-state index in [-0.39, 0.29) is 6.04 Å². The zero-order chi connectivity index (χ0) is 12.8. The quantitative estimate of drug-likeness (QED) is 0.718. The molecule has 0 bridgehead atoms. The van der Waals surface area contributed by atoms with Gasteiger partial charge < -0.3 is 5.32 Å². The second-order valence-corrected chi connectivity index (χ2v) is 5.18. The van der Waals surface area contributed by atoms with Crippen molar-refractivity contribution in [2.24, 2.45) is 0 Å². The number of benzene rings is 1. The Morgan fingerprint density at radius 2 is 2.12 bits per heavy atom. The Bertz CT molecular complexity index is 388. The van der Waals surface area contributed by atoms with E-state index in [0.717, 1.165) is 40.6 Å². The number of halogens is 2. The molecule has 0 saturated carbocycles. The topological polar surface area (TPSA) is 12.0 Å². The Morgan fingerprint density at radius 3 is 2.71 bits per heavy atom. The zero-order valence-corrected chi connectivity index (χ0v) is 11.9. The Kier molecular flexibility index (Phi) is 6.04. The van der Waals surface area contributed by atoms with E-state index >= 15 is 0 Å². The van der Waals surface area contributed by atoms with Crippen molar-refractivity contribution in [3.05, 3.63) is 46.0 Å². The predicted octanol–water partition coefficient (Wildman–Crippen LogP) is 5.00. The SMILES string of the molecule is C=C(C)CC(NCCC)c1cc(Cl)ccc1Cl. The van der Waals surface area contributed by atoms with Crippen LogP contribution in [0.5, 0.6) is 0 Å². The van der Waals surface area contributed by atoms with Gasteiger partial charge in [0.05, 0.1) is 0 Å². The molecule has 0 fully saturated rings. The highest BCUT2D eigenvalue weighted by molar-refractivity contribution is 6.33. The van der Waals surface area contributed by atoms with Crippen LogP contribution in [0.4, 0.5) is 0 Å². The van der Waals surface area contributed by atoms with Crippen LogP contribution in [0, 0.1) is 0 Å². The maximum atomic E-state index is 6.23. The molecule has 1 nitrogen and oxygen atoms in total. The van der Waals surface area contributed by atoms with Gasteiger partial charge in [-0.2, -0.15) is 0 Å². The van der Waals surface area contributed by atoms with Crippen LogP contribution in [0.2, 0.25) is 10.0 Å². The Labute approximate surface area is 114 Å². The molecule has 0 amide bonds. The summed E-state index contributed by atoms with van der Waals surface area (Å²) in [6.45, 7) is 9.09. The molecule has 1 aromatic rings. The fourth-order valence-electron chi connectivity index (χ4n) is 1.74. The minimum Gasteiger partial charge on any atom is -0.310 e. The van der Waals surface area contributed by atoms with Crippen molar-refractivity contribution in [2.75, 3.05) is 6.54 Å². The largest absolute Gasteiger partial charge is 0.310 e. The first kappa shape index (κ1) is 14.6. The summed E-state index contributed by atoms with van der Waals surface area (Å²) in [5.74, 6) is 0. The van der Waals surface area contributed by atoms with Gasteiger partial charge in [-0.25, -0.2) is 0 Å². The number of hydrogen-bond donors (Lipinski definition) is 1. The van der Waals surface area contributed by atoms with Crippen molar-refractivity contribution in [1.82, 2.24) is 5.32 Å². The van der Waals surface area contributed by atoms with Gasteiger partial charge in [0, 0.05) is 16.1 Å². The normalized spacial score (nSPS) is 12.5. The van der Waals surface area contributed by atoms with Gasteiger partial charge in [0.1, 0.15) is 0 Å². The van der Waals surface area contributed by atoms with Gasteiger partial charge in [-0.15, -0.1) is 6.58 Å². The molecule has 0 aliphatic heterocycles. The summed E-state index contributed by atoms with van der Waals surface area (Å²) in [5.41, 5.74) is 2.19. The van der Waals surface area contributed by atoms with Gasteiger partial charge in [0.15, 0.2) is 0 Å². The molecule has 1 atom stereocenters. The third-order valence-corrected chi connectivity index (χ3v) is 3.11. The fourth-order valence-corrected chi connectivity index (χ4v) is 2.17. The highest BCUT2D eigenvalue weighted by Crippen LogP contribution is 2.29. The second kappa shape index (κ2) is 7.05. The molecule has 94 valence electrons. The molecule has 1 aromatic carbocycles. The minimum atomic E-state index is 0.193. The minimum absolute atomic E-state index is 0.193. The number of rotatable bonds is 6. The number of nitrogens with one attached hydrogen (secondary N) is 1. The van der Waals surface area contributed by atoms with E-state index in [2.05, 4.69) is 18.8 Å². The first-order valence-corrected chi connectivity index (χ1v) is 6.63. The maximum absolute atomic E-state index is 6.23.